The quantitative estimate of drug-likeness (QED) is 0.517. The zero-order valence-electron chi connectivity index (χ0n) is 8.16. The van der Waals surface area contributed by atoms with Gasteiger partial charge in [-0.1, -0.05) is 13.8 Å². The van der Waals surface area contributed by atoms with Gasteiger partial charge in [0.05, 0.1) is 0 Å². The molecule has 0 saturated carbocycles. The lowest BCUT2D eigenvalue weighted by Gasteiger charge is -2.12. The Morgan fingerprint density at radius 3 is 2.42 bits per heavy atom. The van der Waals surface area contributed by atoms with Gasteiger partial charge in [-0.3, -0.25) is 4.79 Å². The number of likely N-dealkylation sites (N-methyl/N-ethyl adjacent to an activating group) is 1. The van der Waals surface area contributed by atoms with Gasteiger partial charge in [-0.25, -0.2) is 0 Å². The third kappa shape index (κ3) is 3.42. The van der Waals surface area contributed by atoms with Gasteiger partial charge in [0.2, 0.25) is 5.91 Å². The van der Waals surface area contributed by atoms with Crippen molar-refractivity contribution in [2.75, 3.05) is 13.6 Å². The Morgan fingerprint density at radius 2 is 2.08 bits per heavy atom. The Hall–Kier alpha value is -0.990. The Bertz CT molecular complexity index is 185. The smallest absolute Gasteiger partial charge is 0.249 e. The fourth-order valence-corrected chi connectivity index (χ4v) is 0.559. The Labute approximate surface area is 73.7 Å². The van der Waals surface area contributed by atoms with Crippen molar-refractivity contribution < 1.29 is 9.90 Å². The number of carbonyl (C=O) groups is 1. The molecule has 3 nitrogen and oxygen atoms in total. The molecule has 0 atom stereocenters. The molecule has 0 rings (SSSR count). The average Bonchev–Trinajstić information content (AvgIpc) is 2.02. The highest BCUT2D eigenvalue weighted by Crippen LogP contribution is 2.05. The van der Waals surface area contributed by atoms with Crippen molar-refractivity contribution in [3.05, 3.63) is 11.8 Å². The van der Waals surface area contributed by atoms with Gasteiger partial charge in [-0.05, 0) is 6.92 Å². The lowest BCUT2D eigenvalue weighted by Crippen LogP contribution is -2.24. The van der Waals surface area contributed by atoms with E-state index in [0.29, 0.717) is 6.54 Å². The van der Waals surface area contributed by atoms with E-state index < -0.39 is 0 Å². The van der Waals surface area contributed by atoms with E-state index in [-0.39, 0.29) is 17.6 Å². The van der Waals surface area contributed by atoms with Crippen molar-refractivity contribution >= 4 is 5.91 Å². The van der Waals surface area contributed by atoms with Gasteiger partial charge in [0.1, 0.15) is 5.76 Å². The number of hydrogen-bond acceptors (Lipinski definition) is 2. The summed E-state index contributed by atoms with van der Waals surface area (Å²) in [5.74, 6) is 0.00297. The van der Waals surface area contributed by atoms with Gasteiger partial charge in [-0.15, -0.1) is 0 Å². The molecule has 0 heterocycles. The number of carbonyl (C=O) groups excluding carboxylic acids is 1. The molecule has 0 aliphatic rings. The van der Waals surface area contributed by atoms with Gasteiger partial charge in [0.25, 0.3) is 0 Å². The highest BCUT2D eigenvalue weighted by atomic mass is 16.3. The predicted octanol–water partition coefficient (Wildman–Crippen LogP) is 1.56. The molecule has 0 unspecified atom stereocenters. The third-order valence-electron chi connectivity index (χ3n) is 1.71. The minimum Gasteiger partial charge on any atom is -0.512 e. The monoisotopic (exact) mass is 171 g/mol. The summed E-state index contributed by atoms with van der Waals surface area (Å²) >= 11 is 0. The molecule has 70 valence electrons. The van der Waals surface area contributed by atoms with E-state index in [1.54, 1.807) is 11.9 Å². The van der Waals surface area contributed by atoms with E-state index in [9.17, 15) is 9.90 Å². The highest BCUT2D eigenvalue weighted by Gasteiger charge is 2.06. The second kappa shape index (κ2) is 4.80. The molecule has 1 amide bonds. The zero-order valence-corrected chi connectivity index (χ0v) is 8.16. The fourth-order valence-electron chi connectivity index (χ4n) is 0.559. The second-order valence-electron chi connectivity index (χ2n) is 3.08. The molecule has 3 heteroatoms. The maximum atomic E-state index is 11.2. The molecular formula is C9H17NO2. The van der Waals surface area contributed by atoms with Crippen LogP contribution < -0.4 is 0 Å². The summed E-state index contributed by atoms with van der Waals surface area (Å²) in [6, 6.07) is 0. The highest BCUT2D eigenvalue weighted by molar-refractivity contribution is 5.87. The second-order valence-corrected chi connectivity index (χ2v) is 3.08. The maximum Gasteiger partial charge on any atom is 0.249 e. The fraction of sp³-hybridized carbons (Fsp3) is 0.667. The normalized spacial score (nSPS) is 11.9. The van der Waals surface area contributed by atoms with Crippen LogP contribution >= 0.6 is 0 Å². The number of hydrogen-bond donors (Lipinski definition) is 1. The van der Waals surface area contributed by atoms with Crippen LogP contribution in [0.5, 0.6) is 0 Å². The largest absolute Gasteiger partial charge is 0.512 e. The van der Waals surface area contributed by atoms with Crippen LogP contribution in [-0.4, -0.2) is 29.5 Å². The topological polar surface area (TPSA) is 40.5 Å². The van der Waals surface area contributed by atoms with Crippen LogP contribution in [-0.2, 0) is 4.79 Å². The Balaban J connectivity index is 4.23. The first-order valence-corrected chi connectivity index (χ1v) is 4.14. The van der Waals surface area contributed by atoms with Gasteiger partial charge >= 0.3 is 0 Å². The molecule has 0 bridgehead atoms. The predicted molar refractivity (Wildman–Crippen MR) is 48.9 cm³/mol. The summed E-state index contributed by atoms with van der Waals surface area (Å²) in [4.78, 5) is 12.7. The third-order valence-corrected chi connectivity index (χ3v) is 1.71. The van der Waals surface area contributed by atoms with Crippen LogP contribution in [0.2, 0.25) is 0 Å². The van der Waals surface area contributed by atoms with Gasteiger partial charge in [0, 0.05) is 25.6 Å². The summed E-state index contributed by atoms with van der Waals surface area (Å²) in [5, 5.41) is 9.25. The molecule has 0 spiro atoms. The summed E-state index contributed by atoms with van der Waals surface area (Å²) in [6.45, 7) is 6.22. The van der Waals surface area contributed by atoms with Crippen molar-refractivity contribution in [1.82, 2.24) is 4.90 Å². The van der Waals surface area contributed by atoms with Crippen molar-refractivity contribution in [3.8, 4) is 0 Å². The first-order valence-electron chi connectivity index (χ1n) is 4.14. The maximum absolute atomic E-state index is 11.2. The molecule has 0 aliphatic carbocycles. The van der Waals surface area contributed by atoms with Crippen molar-refractivity contribution in [1.29, 1.82) is 0 Å². The van der Waals surface area contributed by atoms with E-state index in [0.717, 1.165) is 0 Å². The number of aliphatic hydroxyl groups is 1. The van der Waals surface area contributed by atoms with Gasteiger partial charge in [0.15, 0.2) is 0 Å². The van der Waals surface area contributed by atoms with E-state index in [1.807, 2.05) is 20.8 Å². The van der Waals surface area contributed by atoms with Crippen LogP contribution in [0.15, 0.2) is 11.8 Å². The SMILES string of the molecule is CCN(C)C(=O)/C=C(\O)C(C)C. The molecule has 0 saturated heterocycles. The van der Waals surface area contributed by atoms with Crippen molar-refractivity contribution in [2.24, 2.45) is 5.92 Å². The molecule has 0 aliphatic heterocycles. The number of aliphatic hydroxyl groups excluding tert-OH is 1. The Morgan fingerprint density at radius 1 is 1.58 bits per heavy atom. The summed E-state index contributed by atoms with van der Waals surface area (Å²) < 4.78 is 0. The van der Waals surface area contributed by atoms with Crippen LogP contribution in [0, 0.1) is 5.92 Å². The van der Waals surface area contributed by atoms with E-state index in [2.05, 4.69) is 0 Å². The summed E-state index contributed by atoms with van der Waals surface area (Å²) in [7, 11) is 1.70. The number of amides is 1. The molecule has 0 aromatic heterocycles. The van der Waals surface area contributed by atoms with E-state index >= 15 is 0 Å². The van der Waals surface area contributed by atoms with E-state index in [1.165, 1.54) is 6.08 Å². The lowest BCUT2D eigenvalue weighted by molar-refractivity contribution is -0.124. The number of allylic oxidation sites excluding steroid dienone is 1. The minimum atomic E-state index is -0.149. The van der Waals surface area contributed by atoms with E-state index in [4.69, 9.17) is 0 Å². The van der Waals surface area contributed by atoms with Crippen molar-refractivity contribution in [3.63, 3.8) is 0 Å². The number of rotatable bonds is 3. The van der Waals surface area contributed by atoms with Gasteiger partial charge in [-0.2, -0.15) is 0 Å². The zero-order chi connectivity index (χ0) is 9.72. The molecule has 0 fully saturated rings. The van der Waals surface area contributed by atoms with Crippen molar-refractivity contribution in [2.45, 2.75) is 20.8 Å². The standard InChI is InChI=1S/C9H17NO2/c1-5-10(4)9(12)6-8(11)7(2)3/h6-7,11H,5H2,1-4H3/b8-6-. The van der Waals surface area contributed by atoms with Crippen LogP contribution in [0.4, 0.5) is 0 Å². The van der Waals surface area contributed by atoms with Gasteiger partial charge < -0.3 is 10.0 Å². The first kappa shape index (κ1) is 11.0. The Kier molecular flexibility index (Phi) is 4.40. The summed E-state index contributed by atoms with van der Waals surface area (Å²) in [6.07, 6.45) is 1.27. The molecular weight excluding hydrogens is 154 g/mol. The average molecular weight is 171 g/mol. The first-order chi connectivity index (χ1) is 5.49. The number of nitrogens with zero attached hydrogens (tertiary/aromatic N) is 1. The van der Waals surface area contributed by atoms with Crippen LogP contribution in [0.1, 0.15) is 20.8 Å². The molecule has 1 N–H and O–H groups in total. The minimum absolute atomic E-state index is 0.0132. The summed E-state index contributed by atoms with van der Waals surface area (Å²) in [5.41, 5.74) is 0. The van der Waals surface area contributed by atoms with Crippen LogP contribution in [0.3, 0.4) is 0 Å². The molecule has 0 aromatic rings. The molecule has 0 radical (unpaired) electrons. The van der Waals surface area contributed by atoms with Crippen LogP contribution in [0.25, 0.3) is 0 Å². The molecule has 12 heavy (non-hydrogen) atoms. The molecule has 0 aromatic carbocycles. The lowest BCUT2D eigenvalue weighted by atomic mass is 10.1.